The van der Waals surface area contributed by atoms with Crippen LogP contribution in [0.15, 0.2) is 35.8 Å². The van der Waals surface area contributed by atoms with Crippen molar-refractivity contribution in [2.45, 2.75) is 6.54 Å². The third-order valence-corrected chi connectivity index (χ3v) is 3.81. The Bertz CT molecular complexity index is 644. The van der Waals surface area contributed by atoms with Crippen molar-refractivity contribution in [1.82, 2.24) is 10.2 Å². The second kappa shape index (κ2) is 4.39. The first-order valence-corrected chi connectivity index (χ1v) is 6.47. The fraction of sp³-hybridized carbons (Fsp3) is 0.0833. The summed E-state index contributed by atoms with van der Waals surface area (Å²) in [5.74, 6) is 0. The van der Waals surface area contributed by atoms with Crippen molar-refractivity contribution >= 4 is 39.5 Å². The number of hydrogen-bond acceptors (Lipinski definition) is 3. The number of benzene rings is 1. The van der Waals surface area contributed by atoms with Gasteiger partial charge in [0, 0.05) is 27.9 Å². The lowest BCUT2D eigenvalue weighted by atomic mass is 10.2. The van der Waals surface area contributed by atoms with E-state index in [1.54, 1.807) is 11.3 Å². The number of nitrogens with zero attached hydrogens (tertiary/aromatic N) is 1. The first-order chi connectivity index (χ1) is 8.31. The Morgan fingerprint density at radius 3 is 3.12 bits per heavy atom. The van der Waals surface area contributed by atoms with Gasteiger partial charge in [-0.3, -0.25) is 5.10 Å². The quantitative estimate of drug-likeness (QED) is 0.753. The second-order valence-electron chi connectivity index (χ2n) is 3.76. The Labute approximate surface area is 107 Å². The maximum atomic E-state index is 5.88. The minimum Gasteiger partial charge on any atom is -0.380 e. The van der Waals surface area contributed by atoms with E-state index in [0.29, 0.717) is 0 Å². The topological polar surface area (TPSA) is 40.7 Å². The molecule has 2 heterocycles. The van der Waals surface area contributed by atoms with E-state index in [4.69, 9.17) is 11.6 Å². The highest BCUT2D eigenvalue weighted by molar-refractivity contribution is 7.10. The monoisotopic (exact) mass is 263 g/mol. The van der Waals surface area contributed by atoms with E-state index in [9.17, 15) is 0 Å². The fourth-order valence-corrected chi connectivity index (χ4v) is 2.70. The summed E-state index contributed by atoms with van der Waals surface area (Å²) in [6.07, 6.45) is 1.82. The molecule has 0 radical (unpaired) electrons. The molecule has 0 fully saturated rings. The number of H-pyrrole nitrogens is 1. The van der Waals surface area contributed by atoms with Crippen molar-refractivity contribution in [2.75, 3.05) is 5.32 Å². The highest BCUT2D eigenvalue weighted by Gasteiger charge is 2.00. The molecule has 0 unspecified atom stereocenters. The molecule has 0 amide bonds. The molecule has 3 aromatic rings. The Kier molecular flexibility index (Phi) is 2.74. The van der Waals surface area contributed by atoms with Gasteiger partial charge in [-0.25, -0.2) is 0 Å². The number of thiophene rings is 1. The van der Waals surface area contributed by atoms with E-state index in [1.807, 2.05) is 29.8 Å². The van der Waals surface area contributed by atoms with Crippen LogP contribution in [0.2, 0.25) is 5.02 Å². The van der Waals surface area contributed by atoms with Crippen LogP contribution in [-0.2, 0) is 6.54 Å². The number of aromatic amines is 1. The van der Waals surface area contributed by atoms with Gasteiger partial charge in [0.15, 0.2) is 0 Å². The number of anilines is 1. The molecule has 0 atom stereocenters. The molecule has 2 N–H and O–H groups in total. The van der Waals surface area contributed by atoms with E-state index in [2.05, 4.69) is 21.6 Å². The fourth-order valence-electron chi connectivity index (χ4n) is 1.69. The van der Waals surface area contributed by atoms with Crippen LogP contribution in [0.1, 0.15) is 4.88 Å². The van der Waals surface area contributed by atoms with Gasteiger partial charge in [0.2, 0.25) is 0 Å². The van der Waals surface area contributed by atoms with E-state index in [-0.39, 0.29) is 0 Å². The van der Waals surface area contributed by atoms with Crippen LogP contribution in [0.5, 0.6) is 0 Å². The van der Waals surface area contributed by atoms with Gasteiger partial charge in [0.1, 0.15) is 0 Å². The van der Waals surface area contributed by atoms with Crippen molar-refractivity contribution in [3.8, 4) is 0 Å². The van der Waals surface area contributed by atoms with Gasteiger partial charge in [0.05, 0.1) is 16.7 Å². The van der Waals surface area contributed by atoms with Crippen molar-refractivity contribution in [1.29, 1.82) is 0 Å². The summed E-state index contributed by atoms with van der Waals surface area (Å²) < 4.78 is 0. The smallest absolute Gasteiger partial charge is 0.0651 e. The average Bonchev–Trinajstić information content (AvgIpc) is 2.94. The Balaban J connectivity index is 1.76. The van der Waals surface area contributed by atoms with Crippen LogP contribution in [0, 0.1) is 0 Å². The zero-order valence-corrected chi connectivity index (χ0v) is 10.5. The maximum absolute atomic E-state index is 5.88. The van der Waals surface area contributed by atoms with Crippen molar-refractivity contribution in [3.05, 3.63) is 45.7 Å². The summed E-state index contributed by atoms with van der Waals surface area (Å²) in [5.41, 5.74) is 2.14. The van der Waals surface area contributed by atoms with Gasteiger partial charge in [-0.05, 0) is 24.3 Å². The molecule has 0 spiro atoms. The average molecular weight is 264 g/mol. The predicted molar refractivity (Wildman–Crippen MR) is 72.7 cm³/mol. The summed E-state index contributed by atoms with van der Waals surface area (Å²) in [7, 11) is 0. The second-order valence-corrected chi connectivity index (χ2v) is 5.19. The van der Waals surface area contributed by atoms with Crippen LogP contribution >= 0.6 is 22.9 Å². The normalized spacial score (nSPS) is 10.9. The summed E-state index contributed by atoms with van der Waals surface area (Å²) in [6.45, 7) is 0.792. The minimum atomic E-state index is 0.792. The number of nitrogens with one attached hydrogen (secondary N) is 2. The molecule has 0 saturated carbocycles. The first kappa shape index (κ1) is 10.6. The maximum Gasteiger partial charge on any atom is 0.0651 e. The lowest BCUT2D eigenvalue weighted by Gasteiger charge is -2.04. The van der Waals surface area contributed by atoms with E-state index < -0.39 is 0 Å². The molecule has 2 aromatic heterocycles. The SMILES string of the molecule is Clc1csc(CNc2ccc3[nH]ncc3c2)c1. The molecule has 0 saturated heterocycles. The molecular weight excluding hydrogens is 254 g/mol. The molecule has 0 aliphatic heterocycles. The van der Waals surface area contributed by atoms with Gasteiger partial charge in [-0.1, -0.05) is 11.6 Å². The Morgan fingerprint density at radius 2 is 2.29 bits per heavy atom. The van der Waals surface area contributed by atoms with Crippen LogP contribution in [0.4, 0.5) is 5.69 Å². The van der Waals surface area contributed by atoms with Crippen molar-refractivity contribution in [2.24, 2.45) is 0 Å². The standard InChI is InChI=1S/C12H10ClN3S/c13-9-4-11(17-7-9)6-14-10-1-2-12-8(3-10)5-15-16-12/h1-5,7,14H,6H2,(H,15,16). The number of halogens is 1. The van der Waals surface area contributed by atoms with Gasteiger partial charge >= 0.3 is 0 Å². The zero-order chi connectivity index (χ0) is 11.7. The van der Waals surface area contributed by atoms with Crippen LogP contribution in [0.25, 0.3) is 10.9 Å². The molecule has 86 valence electrons. The lowest BCUT2D eigenvalue weighted by molar-refractivity contribution is 1.12. The summed E-state index contributed by atoms with van der Waals surface area (Å²) in [6, 6.07) is 8.12. The first-order valence-electron chi connectivity index (χ1n) is 5.21. The van der Waals surface area contributed by atoms with Gasteiger partial charge in [0.25, 0.3) is 0 Å². The highest BCUT2D eigenvalue weighted by Crippen LogP contribution is 2.21. The zero-order valence-electron chi connectivity index (χ0n) is 8.90. The number of hydrogen-bond donors (Lipinski definition) is 2. The van der Waals surface area contributed by atoms with Crippen LogP contribution in [0.3, 0.4) is 0 Å². The van der Waals surface area contributed by atoms with Crippen LogP contribution in [-0.4, -0.2) is 10.2 Å². The van der Waals surface area contributed by atoms with Crippen LogP contribution < -0.4 is 5.32 Å². The highest BCUT2D eigenvalue weighted by atomic mass is 35.5. The Hall–Kier alpha value is -1.52. The summed E-state index contributed by atoms with van der Waals surface area (Å²) in [5, 5.41) is 14.1. The third-order valence-electron chi connectivity index (χ3n) is 2.53. The van der Waals surface area contributed by atoms with Gasteiger partial charge in [-0.2, -0.15) is 5.10 Å². The van der Waals surface area contributed by atoms with Crippen molar-refractivity contribution < 1.29 is 0 Å². The number of fused-ring (bicyclic) bond motifs is 1. The molecule has 0 bridgehead atoms. The largest absolute Gasteiger partial charge is 0.380 e. The molecule has 1 aromatic carbocycles. The molecule has 0 aliphatic carbocycles. The third kappa shape index (κ3) is 2.28. The van der Waals surface area contributed by atoms with E-state index in [0.717, 1.165) is 28.2 Å². The summed E-state index contributed by atoms with van der Waals surface area (Å²) >= 11 is 7.54. The predicted octanol–water partition coefficient (Wildman–Crippen LogP) is 3.89. The lowest BCUT2D eigenvalue weighted by Crippen LogP contribution is -1.96. The molecule has 0 aliphatic rings. The molecular formula is C12H10ClN3S. The number of rotatable bonds is 3. The Morgan fingerprint density at radius 1 is 1.35 bits per heavy atom. The van der Waals surface area contributed by atoms with Gasteiger partial charge in [-0.15, -0.1) is 11.3 Å². The van der Waals surface area contributed by atoms with E-state index in [1.165, 1.54) is 4.88 Å². The van der Waals surface area contributed by atoms with Gasteiger partial charge < -0.3 is 5.32 Å². The summed E-state index contributed by atoms with van der Waals surface area (Å²) in [4.78, 5) is 1.22. The molecule has 17 heavy (non-hydrogen) atoms. The number of aromatic nitrogens is 2. The minimum absolute atomic E-state index is 0.792. The van der Waals surface area contributed by atoms with E-state index >= 15 is 0 Å². The van der Waals surface area contributed by atoms with Crippen molar-refractivity contribution in [3.63, 3.8) is 0 Å². The molecule has 5 heteroatoms. The molecule has 3 nitrogen and oxygen atoms in total. The molecule has 3 rings (SSSR count).